The fourth-order valence-corrected chi connectivity index (χ4v) is 2.63. The Hall–Kier alpha value is -0.870. The SMILES string of the molecule is NC(=O)CCNC1CC(c2cccc(Br)c2)C1. The van der Waals surface area contributed by atoms with Gasteiger partial charge in [0.05, 0.1) is 0 Å². The number of benzene rings is 1. The highest BCUT2D eigenvalue weighted by atomic mass is 79.9. The summed E-state index contributed by atoms with van der Waals surface area (Å²) in [5, 5.41) is 3.35. The van der Waals surface area contributed by atoms with Crippen molar-refractivity contribution in [2.75, 3.05) is 6.54 Å². The molecular weight excluding hydrogens is 280 g/mol. The molecule has 0 unspecified atom stereocenters. The molecule has 1 fully saturated rings. The van der Waals surface area contributed by atoms with Gasteiger partial charge in [-0.3, -0.25) is 4.79 Å². The van der Waals surface area contributed by atoms with Crippen molar-refractivity contribution in [3.05, 3.63) is 34.3 Å². The van der Waals surface area contributed by atoms with Gasteiger partial charge in [-0.15, -0.1) is 0 Å². The summed E-state index contributed by atoms with van der Waals surface area (Å²) < 4.78 is 1.14. The van der Waals surface area contributed by atoms with Gasteiger partial charge in [-0.05, 0) is 36.5 Å². The smallest absolute Gasteiger partial charge is 0.218 e. The minimum Gasteiger partial charge on any atom is -0.370 e. The monoisotopic (exact) mass is 296 g/mol. The summed E-state index contributed by atoms with van der Waals surface area (Å²) in [5.41, 5.74) is 6.48. The van der Waals surface area contributed by atoms with E-state index in [2.05, 4.69) is 39.4 Å². The van der Waals surface area contributed by atoms with E-state index in [-0.39, 0.29) is 5.91 Å². The molecule has 0 atom stereocenters. The molecule has 1 aliphatic carbocycles. The van der Waals surface area contributed by atoms with Gasteiger partial charge in [0.15, 0.2) is 0 Å². The van der Waals surface area contributed by atoms with Gasteiger partial charge in [-0.2, -0.15) is 0 Å². The first-order valence-corrected chi connectivity index (χ1v) is 6.71. The molecule has 0 bridgehead atoms. The molecule has 1 aliphatic rings. The molecule has 3 nitrogen and oxygen atoms in total. The summed E-state index contributed by atoms with van der Waals surface area (Å²) in [6, 6.07) is 9.02. The number of hydrogen-bond donors (Lipinski definition) is 2. The highest BCUT2D eigenvalue weighted by molar-refractivity contribution is 9.10. The summed E-state index contributed by atoms with van der Waals surface area (Å²) in [7, 11) is 0. The van der Waals surface area contributed by atoms with Crippen molar-refractivity contribution in [2.24, 2.45) is 5.73 Å². The van der Waals surface area contributed by atoms with Crippen LogP contribution in [0.15, 0.2) is 28.7 Å². The van der Waals surface area contributed by atoms with Gasteiger partial charge in [-0.1, -0.05) is 28.1 Å². The Morgan fingerprint density at radius 3 is 2.88 bits per heavy atom. The minimum absolute atomic E-state index is 0.236. The third-order valence-corrected chi connectivity index (χ3v) is 3.76. The van der Waals surface area contributed by atoms with E-state index in [9.17, 15) is 4.79 Å². The topological polar surface area (TPSA) is 55.1 Å². The van der Waals surface area contributed by atoms with Crippen molar-refractivity contribution in [3.8, 4) is 0 Å². The molecule has 3 N–H and O–H groups in total. The molecule has 4 heteroatoms. The van der Waals surface area contributed by atoms with Crippen LogP contribution >= 0.6 is 15.9 Å². The fraction of sp³-hybridized carbons (Fsp3) is 0.462. The zero-order valence-corrected chi connectivity index (χ0v) is 11.2. The largest absolute Gasteiger partial charge is 0.370 e. The van der Waals surface area contributed by atoms with E-state index in [1.807, 2.05) is 6.07 Å². The van der Waals surface area contributed by atoms with Crippen LogP contribution in [0.5, 0.6) is 0 Å². The van der Waals surface area contributed by atoms with E-state index in [4.69, 9.17) is 5.73 Å². The summed E-state index contributed by atoms with van der Waals surface area (Å²) in [6.45, 7) is 0.700. The molecule has 0 aliphatic heterocycles. The number of amides is 1. The molecule has 1 amide bonds. The Morgan fingerprint density at radius 1 is 1.47 bits per heavy atom. The lowest BCUT2D eigenvalue weighted by Gasteiger charge is -2.36. The number of rotatable bonds is 5. The molecule has 1 aromatic rings. The number of carbonyl (C=O) groups excluding carboxylic acids is 1. The summed E-state index contributed by atoms with van der Waals surface area (Å²) >= 11 is 3.49. The molecule has 0 saturated heterocycles. The Bertz CT molecular complexity index is 402. The fourth-order valence-electron chi connectivity index (χ4n) is 2.22. The van der Waals surface area contributed by atoms with E-state index in [0.29, 0.717) is 24.9 Å². The maximum absolute atomic E-state index is 10.6. The van der Waals surface area contributed by atoms with Crippen molar-refractivity contribution in [1.29, 1.82) is 0 Å². The second kappa shape index (κ2) is 5.65. The van der Waals surface area contributed by atoms with Gasteiger partial charge in [0.25, 0.3) is 0 Å². The first-order valence-electron chi connectivity index (χ1n) is 5.92. The average molecular weight is 297 g/mol. The minimum atomic E-state index is -0.236. The van der Waals surface area contributed by atoms with E-state index < -0.39 is 0 Å². The van der Waals surface area contributed by atoms with Crippen LogP contribution in [-0.2, 0) is 4.79 Å². The van der Waals surface area contributed by atoms with Gasteiger partial charge < -0.3 is 11.1 Å². The lowest BCUT2D eigenvalue weighted by Crippen LogP contribution is -2.41. The molecule has 92 valence electrons. The van der Waals surface area contributed by atoms with Crippen LogP contribution in [0.1, 0.15) is 30.7 Å². The van der Waals surface area contributed by atoms with Crippen LogP contribution in [0.4, 0.5) is 0 Å². The van der Waals surface area contributed by atoms with Crippen LogP contribution in [0, 0.1) is 0 Å². The maximum atomic E-state index is 10.6. The van der Waals surface area contributed by atoms with Crippen LogP contribution in [0.25, 0.3) is 0 Å². The lowest BCUT2D eigenvalue weighted by molar-refractivity contribution is -0.117. The standard InChI is InChI=1S/C13H17BrN2O/c14-11-3-1-2-9(6-11)10-7-12(8-10)16-5-4-13(15)17/h1-3,6,10,12,16H,4-5,7-8H2,(H2,15,17). The van der Waals surface area contributed by atoms with Gasteiger partial charge in [0.2, 0.25) is 5.91 Å². The van der Waals surface area contributed by atoms with Crippen molar-refractivity contribution in [3.63, 3.8) is 0 Å². The first kappa shape index (κ1) is 12.6. The first-order chi connectivity index (χ1) is 8.15. The van der Waals surface area contributed by atoms with Crippen molar-refractivity contribution < 1.29 is 4.79 Å². The highest BCUT2D eigenvalue weighted by Crippen LogP contribution is 2.37. The Morgan fingerprint density at radius 2 is 2.24 bits per heavy atom. The lowest BCUT2D eigenvalue weighted by atomic mass is 9.76. The maximum Gasteiger partial charge on any atom is 0.218 e. The van der Waals surface area contributed by atoms with Crippen LogP contribution in [0.2, 0.25) is 0 Å². The molecule has 17 heavy (non-hydrogen) atoms. The number of primary amides is 1. The molecule has 1 aromatic carbocycles. The summed E-state index contributed by atoms with van der Waals surface area (Å²) in [6.07, 6.45) is 2.72. The highest BCUT2D eigenvalue weighted by Gasteiger charge is 2.29. The Balaban J connectivity index is 1.73. The zero-order valence-electron chi connectivity index (χ0n) is 9.66. The van der Waals surface area contributed by atoms with E-state index >= 15 is 0 Å². The van der Waals surface area contributed by atoms with Crippen LogP contribution < -0.4 is 11.1 Å². The van der Waals surface area contributed by atoms with Crippen molar-refractivity contribution in [2.45, 2.75) is 31.2 Å². The third-order valence-electron chi connectivity index (χ3n) is 3.26. The number of nitrogens with one attached hydrogen (secondary N) is 1. The molecule has 0 aromatic heterocycles. The number of carbonyl (C=O) groups is 1. The molecule has 0 heterocycles. The van der Waals surface area contributed by atoms with E-state index in [1.54, 1.807) is 0 Å². The predicted molar refractivity (Wildman–Crippen MR) is 71.7 cm³/mol. The second-order valence-electron chi connectivity index (χ2n) is 4.59. The number of halogens is 1. The Labute approximate surface area is 110 Å². The predicted octanol–water partition coefficient (Wildman–Crippen LogP) is 2.16. The van der Waals surface area contributed by atoms with E-state index in [1.165, 1.54) is 5.56 Å². The quantitative estimate of drug-likeness (QED) is 0.875. The van der Waals surface area contributed by atoms with Crippen molar-refractivity contribution >= 4 is 21.8 Å². The van der Waals surface area contributed by atoms with Crippen LogP contribution in [0.3, 0.4) is 0 Å². The number of hydrogen-bond acceptors (Lipinski definition) is 2. The molecule has 1 saturated carbocycles. The average Bonchev–Trinajstić information content (AvgIpc) is 2.21. The van der Waals surface area contributed by atoms with Gasteiger partial charge >= 0.3 is 0 Å². The Kier molecular flexibility index (Phi) is 4.18. The number of nitrogens with two attached hydrogens (primary N) is 1. The third kappa shape index (κ3) is 3.54. The second-order valence-corrected chi connectivity index (χ2v) is 5.51. The van der Waals surface area contributed by atoms with Gasteiger partial charge in [-0.25, -0.2) is 0 Å². The van der Waals surface area contributed by atoms with E-state index in [0.717, 1.165) is 17.3 Å². The zero-order chi connectivity index (χ0) is 12.3. The molecule has 0 radical (unpaired) electrons. The molecule has 2 rings (SSSR count). The van der Waals surface area contributed by atoms with Gasteiger partial charge in [0, 0.05) is 23.5 Å². The normalized spacial score (nSPS) is 23.1. The van der Waals surface area contributed by atoms with Gasteiger partial charge in [0.1, 0.15) is 0 Å². The van der Waals surface area contributed by atoms with Crippen molar-refractivity contribution in [1.82, 2.24) is 5.32 Å². The van der Waals surface area contributed by atoms with Crippen LogP contribution in [-0.4, -0.2) is 18.5 Å². The summed E-state index contributed by atoms with van der Waals surface area (Å²) in [5.74, 6) is 0.416. The molecular formula is C13H17BrN2O. The summed E-state index contributed by atoms with van der Waals surface area (Å²) in [4.78, 5) is 10.6. The molecule has 0 spiro atoms.